The molecule has 0 unspecified atom stereocenters. The van der Waals surface area contributed by atoms with Crippen LogP contribution in [0, 0.1) is 5.41 Å². The molecule has 0 bridgehead atoms. The number of hydrogen-bond donors (Lipinski definition) is 3. The highest BCUT2D eigenvalue weighted by atomic mass is 32.2. The van der Waals surface area contributed by atoms with Crippen LogP contribution < -0.4 is 5.73 Å². The van der Waals surface area contributed by atoms with Gasteiger partial charge in [-0.1, -0.05) is 30.0 Å². The Morgan fingerprint density at radius 1 is 1.07 bits per heavy atom. The van der Waals surface area contributed by atoms with Crippen molar-refractivity contribution in [2.45, 2.75) is 35.8 Å². The van der Waals surface area contributed by atoms with Crippen molar-refractivity contribution in [2.75, 3.05) is 5.75 Å². The van der Waals surface area contributed by atoms with Crippen molar-refractivity contribution >= 4 is 27.0 Å². The molecule has 14 heteroatoms. The molecule has 0 fully saturated rings. The lowest BCUT2D eigenvalue weighted by Crippen LogP contribution is -2.51. The summed E-state index contributed by atoms with van der Waals surface area (Å²) in [6.07, 6.45) is -8.52. The molecule has 0 aliphatic carbocycles. The highest BCUT2D eigenvalue weighted by Crippen LogP contribution is 2.48. The van der Waals surface area contributed by atoms with Gasteiger partial charge in [0.05, 0.1) is 4.90 Å². The number of alkyl halides is 7. The van der Waals surface area contributed by atoms with E-state index in [4.69, 9.17) is 15.7 Å². The Bertz CT molecular complexity index is 710. The van der Waals surface area contributed by atoms with Crippen molar-refractivity contribution in [1.82, 2.24) is 0 Å². The minimum atomic E-state index is -6.29. The Morgan fingerprint density at radius 3 is 1.89 bits per heavy atom. The predicted octanol–water partition coefficient (Wildman–Crippen LogP) is 4.16. The van der Waals surface area contributed by atoms with Crippen molar-refractivity contribution in [3.63, 3.8) is 0 Å². The number of benzene rings is 1. The van der Waals surface area contributed by atoms with Gasteiger partial charge in [0.25, 0.3) is 10.1 Å². The second-order valence-electron chi connectivity index (χ2n) is 4.88. The normalized spacial score (nSPS) is 12.9. The van der Waals surface area contributed by atoms with Crippen molar-refractivity contribution in [2.24, 2.45) is 5.73 Å². The Morgan fingerprint density at radius 2 is 1.56 bits per heavy atom. The van der Waals surface area contributed by atoms with Crippen LogP contribution in [0.2, 0.25) is 0 Å². The fourth-order valence-corrected chi connectivity index (χ4v) is 2.44. The fraction of sp³-hybridized carbons (Fsp3) is 0.462. The van der Waals surface area contributed by atoms with Crippen LogP contribution in [0.25, 0.3) is 0 Å². The highest BCUT2D eigenvalue weighted by molar-refractivity contribution is 8.13. The summed E-state index contributed by atoms with van der Waals surface area (Å²) in [5.41, 5.74) is 4.83. The van der Waals surface area contributed by atoms with Gasteiger partial charge >= 0.3 is 18.0 Å². The quantitative estimate of drug-likeness (QED) is 0.201. The van der Waals surface area contributed by atoms with Gasteiger partial charge in [-0.25, -0.2) is 0 Å². The van der Waals surface area contributed by atoms with E-state index < -0.39 is 46.1 Å². The van der Waals surface area contributed by atoms with Gasteiger partial charge in [0.1, 0.15) is 0 Å². The monoisotopic (exact) mass is 444 g/mol. The van der Waals surface area contributed by atoms with E-state index in [9.17, 15) is 39.2 Å². The molecule has 0 aliphatic heterocycles. The van der Waals surface area contributed by atoms with Gasteiger partial charge in [-0.15, -0.1) is 0 Å². The summed E-state index contributed by atoms with van der Waals surface area (Å²) >= 11 is 0.592. The second-order valence-corrected chi connectivity index (χ2v) is 7.44. The lowest BCUT2D eigenvalue weighted by molar-refractivity contribution is -0.355. The molecule has 1 aromatic rings. The summed E-state index contributed by atoms with van der Waals surface area (Å²) in [6.45, 7) is 0. The average Bonchev–Trinajstić information content (AvgIpc) is 2.51. The number of hydrogen-bond acceptors (Lipinski definition) is 4. The Kier molecular flexibility index (Phi) is 9.05. The van der Waals surface area contributed by atoms with Crippen LogP contribution in [0.5, 0.6) is 0 Å². The number of amidine groups is 1. The summed E-state index contributed by atoms with van der Waals surface area (Å²) in [4.78, 5) is -0.0741. The van der Waals surface area contributed by atoms with Gasteiger partial charge < -0.3 is 5.73 Å². The van der Waals surface area contributed by atoms with E-state index in [-0.39, 0.29) is 10.6 Å². The summed E-state index contributed by atoms with van der Waals surface area (Å²) < 4.78 is 114. The van der Waals surface area contributed by atoms with Gasteiger partial charge in [-0.05, 0) is 18.6 Å². The van der Waals surface area contributed by atoms with Crippen LogP contribution in [0.15, 0.2) is 35.2 Å². The molecule has 156 valence electrons. The van der Waals surface area contributed by atoms with Crippen molar-refractivity contribution < 1.29 is 43.7 Å². The average molecular weight is 444 g/mol. The molecular formula is C13H15F7N2O3S2. The largest absolute Gasteiger partial charge is 0.459 e. The third-order valence-corrected chi connectivity index (χ3v) is 4.42. The summed E-state index contributed by atoms with van der Waals surface area (Å²) in [6, 6.07) is 7.42. The van der Waals surface area contributed by atoms with Gasteiger partial charge in [-0.2, -0.15) is 39.2 Å². The molecule has 0 aliphatic rings. The van der Waals surface area contributed by atoms with E-state index in [0.717, 1.165) is 0 Å². The van der Waals surface area contributed by atoms with Crippen molar-refractivity contribution in [1.29, 1.82) is 5.41 Å². The first-order valence-corrected chi connectivity index (χ1v) is 9.26. The first-order chi connectivity index (χ1) is 12.0. The molecule has 0 heterocycles. The van der Waals surface area contributed by atoms with E-state index in [1.807, 2.05) is 0 Å². The van der Waals surface area contributed by atoms with E-state index in [1.54, 1.807) is 18.2 Å². The Balaban J connectivity index is 0.000000569. The standard InChI is InChI=1S/C7H9F7N2S.C6H6O3S/c8-5(9,2-1-3-17-4(15)16)6(10,11)7(12,13)14;7-10(8,9)6-4-2-1-3-5-6/h1-3H2,(H3,15,16);1-5H,(H,7,8,9). The molecule has 1 aromatic carbocycles. The molecule has 1 rings (SSSR count). The SMILES string of the molecule is N=C(N)SCCCC(F)(F)C(F)(F)C(F)(F)F.O=S(=O)(O)c1ccccc1. The smallest absolute Gasteiger partial charge is 0.379 e. The molecule has 0 saturated carbocycles. The van der Waals surface area contributed by atoms with E-state index in [0.29, 0.717) is 11.8 Å². The summed E-state index contributed by atoms with van der Waals surface area (Å²) in [5, 5.41) is 6.26. The summed E-state index contributed by atoms with van der Waals surface area (Å²) in [7, 11) is -4.00. The molecule has 5 nitrogen and oxygen atoms in total. The number of nitrogens with one attached hydrogen (secondary N) is 1. The molecule has 0 spiro atoms. The van der Waals surface area contributed by atoms with Gasteiger partial charge in [0.2, 0.25) is 0 Å². The Labute approximate surface area is 154 Å². The molecule has 4 N–H and O–H groups in total. The second kappa shape index (κ2) is 9.59. The maximum absolute atomic E-state index is 12.7. The van der Waals surface area contributed by atoms with Crippen LogP contribution in [0.1, 0.15) is 12.8 Å². The predicted molar refractivity (Wildman–Crippen MR) is 85.8 cm³/mol. The zero-order valence-corrected chi connectivity index (χ0v) is 14.9. The van der Waals surface area contributed by atoms with Crippen LogP contribution in [0.3, 0.4) is 0 Å². The molecule has 0 aromatic heterocycles. The van der Waals surface area contributed by atoms with Crippen LogP contribution in [-0.2, 0) is 10.1 Å². The minimum absolute atomic E-state index is 0.0741. The number of rotatable bonds is 6. The van der Waals surface area contributed by atoms with E-state index in [1.165, 1.54) is 12.1 Å². The third-order valence-electron chi connectivity index (χ3n) is 2.75. The summed E-state index contributed by atoms with van der Waals surface area (Å²) in [5.74, 6) is -11.4. The van der Waals surface area contributed by atoms with E-state index in [2.05, 4.69) is 0 Å². The van der Waals surface area contributed by atoms with Crippen molar-refractivity contribution in [3.05, 3.63) is 30.3 Å². The van der Waals surface area contributed by atoms with Gasteiger partial charge in [0, 0.05) is 12.2 Å². The topological polar surface area (TPSA) is 104 Å². The molecule has 0 saturated heterocycles. The molecule has 0 amide bonds. The molecule has 0 radical (unpaired) electrons. The first-order valence-electron chi connectivity index (χ1n) is 6.84. The fourth-order valence-electron chi connectivity index (χ4n) is 1.43. The van der Waals surface area contributed by atoms with Crippen LogP contribution >= 0.6 is 11.8 Å². The lowest BCUT2D eigenvalue weighted by Gasteiger charge is -2.28. The zero-order chi connectivity index (χ0) is 21.5. The Hall–Kier alpha value is -1.54. The number of nitrogens with two attached hydrogens (primary N) is 1. The van der Waals surface area contributed by atoms with E-state index >= 15 is 0 Å². The first kappa shape index (κ1) is 25.5. The van der Waals surface area contributed by atoms with Crippen LogP contribution in [0.4, 0.5) is 30.7 Å². The highest BCUT2D eigenvalue weighted by Gasteiger charge is 2.72. The molecule has 0 atom stereocenters. The van der Waals surface area contributed by atoms with Crippen LogP contribution in [-0.4, -0.2) is 41.9 Å². The maximum Gasteiger partial charge on any atom is 0.459 e. The van der Waals surface area contributed by atoms with Gasteiger partial charge in [-0.3, -0.25) is 9.96 Å². The number of thioether (sulfide) groups is 1. The van der Waals surface area contributed by atoms with Gasteiger partial charge in [0.15, 0.2) is 5.17 Å². The lowest BCUT2D eigenvalue weighted by atomic mass is 10.1. The molecule has 27 heavy (non-hydrogen) atoms. The number of halogens is 7. The zero-order valence-electron chi connectivity index (χ0n) is 13.3. The maximum atomic E-state index is 12.7. The third kappa shape index (κ3) is 8.34. The minimum Gasteiger partial charge on any atom is -0.379 e. The van der Waals surface area contributed by atoms with Crippen molar-refractivity contribution in [3.8, 4) is 0 Å². The molecular weight excluding hydrogens is 429 g/mol.